The second-order valence-electron chi connectivity index (χ2n) is 3.92. The van der Waals surface area contributed by atoms with Crippen LogP contribution in [0.3, 0.4) is 0 Å². The first kappa shape index (κ1) is 11.2. The molecule has 3 nitrogen and oxygen atoms in total. The maximum absolute atomic E-state index is 11.9. The molecule has 1 heterocycles. The van der Waals surface area contributed by atoms with E-state index in [9.17, 15) is 9.59 Å². The summed E-state index contributed by atoms with van der Waals surface area (Å²) in [5.41, 5.74) is -0.972. The van der Waals surface area contributed by atoms with E-state index in [-0.39, 0.29) is 5.12 Å². The van der Waals surface area contributed by atoms with Gasteiger partial charge in [-0.2, -0.15) is 0 Å². The third-order valence-corrected chi connectivity index (χ3v) is 3.81. The molecule has 0 saturated carbocycles. The number of esters is 1. The lowest BCUT2D eigenvalue weighted by Gasteiger charge is -2.18. The predicted molar refractivity (Wildman–Crippen MR) is 62.3 cm³/mol. The Bertz CT molecular complexity index is 416. The minimum absolute atomic E-state index is 0.0894. The van der Waals surface area contributed by atoms with Crippen LogP contribution in [-0.4, -0.2) is 16.8 Å². The normalized spacial score (nSPS) is 24.4. The van der Waals surface area contributed by atoms with Crippen molar-refractivity contribution < 1.29 is 14.3 Å². The molecule has 0 N–H and O–H groups in total. The van der Waals surface area contributed by atoms with Crippen molar-refractivity contribution in [3.8, 4) is 5.75 Å². The van der Waals surface area contributed by atoms with Gasteiger partial charge >= 0.3 is 5.97 Å². The van der Waals surface area contributed by atoms with Crippen LogP contribution in [0, 0.1) is 5.41 Å². The van der Waals surface area contributed by atoms with E-state index in [1.807, 2.05) is 6.07 Å². The van der Waals surface area contributed by atoms with Gasteiger partial charge in [-0.3, -0.25) is 9.59 Å². The van der Waals surface area contributed by atoms with Gasteiger partial charge in [0.1, 0.15) is 11.2 Å². The number of benzene rings is 1. The Kier molecular flexibility index (Phi) is 3.01. The summed E-state index contributed by atoms with van der Waals surface area (Å²) in [6, 6.07) is 8.82. The van der Waals surface area contributed by atoms with Crippen LogP contribution in [0.15, 0.2) is 30.3 Å². The largest absolute Gasteiger partial charge is 0.426 e. The zero-order valence-corrected chi connectivity index (χ0v) is 9.75. The van der Waals surface area contributed by atoms with Gasteiger partial charge in [0.25, 0.3) is 0 Å². The third kappa shape index (κ3) is 1.97. The number of thioether (sulfide) groups is 1. The lowest BCUT2D eigenvalue weighted by Crippen LogP contribution is -2.35. The van der Waals surface area contributed by atoms with Crippen LogP contribution in [-0.2, 0) is 9.59 Å². The highest BCUT2D eigenvalue weighted by Crippen LogP contribution is 2.38. The van der Waals surface area contributed by atoms with Crippen LogP contribution in [0.5, 0.6) is 5.75 Å². The summed E-state index contributed by atoms with van der Waals surface area (Å²) in [5.74, 6) is 0.728. The average Bonchev–Trinajstić information content (AvgIpc) is 2.62. The fourth-order valence-electron chi connectivity index (χ4n) is 1.50. The zero-order chi connectivity index (χ0) is 11.6. The second-order valence-corrected chi connectivity index (χ2v) is 4.99. The second kappa shape index (κ2) is 4.29. The summed E-state index contributed by atoms with van der Waals surface area (Å²) in [6.07, 6.45) is 0.558. The minimum Gasteiger partial charge on any atom is -0.426 e. The highest BCUT2D eigenvalue weighted by atomic mass is 32.2. The third-order valence-electron chi connectivity index (χ3n) is 2.69. The quantitative estimate of drug-likeness (QED) is 0.449. The van der Waals surface area contributed by atoms with Crippen LogP contribution in [0.4, 0.5) is 0 Å². The molecular weight excluding hydrogens is 224 g/mol. The van der Waals surface area contributed by atoms with E-state index in [1.165, 1.54) is 11.8 Å². The van der Waals surface area contributed by atoms with Gasteiger partial charge in [0.2, 0.25) is 5.12 Å². The highest BCUT2D eigenvalue weighted by molar-refractivity contribution is 8.14. The van der Waals surface area contributed by atoms with E-state index in [0.29, 0.717) is 17.9 Å². The first-order valence-corrected chi connectivity index (χ1v) is 6.06. The van der Waals surface area contributed by atoms with Crippen molar-refractivity contribution in [1.29, 1.82) is 0 Å². The number of carbonyl (C=O) groups is 2. The molecule has 0 aromatic heterocycles. The molecular formula is C12H12O3S. The number of hydrogen-bond acceptors (Lipinski definition) is 4. The van der Waals surface area contributed by atoms with E-state index >= 15 is 0 Å². The van der Waals surface area contributed by atoms with Gasteiger partial charge in [0.15, 0.2) is 0 Å². The molecule has 1 atom stereocenters. The summed E-state index contributed by atoms with van der Waals surface area (Å²) in [4.78, 5) is 23.5. The van der Waals surface area contributed by atoms with E-state index in [2.05, 4.69) is 0 Å². The maximum Gasteiger partial charge on any atom is 0.325 e. The van der Waals surface area contributed by atoms with E-state index in [1.54, 1.807) is 31.2 Å². The first-order valence-electron chi connectivity index (χ1n) is 5.07. The van der Waals surface area contributed by atoms with E-state index < -0.39 is 11.4 Å². The molecule has 0 spiro atoms. The van der Waals surface area contributed by atoms with Gasteiger partial charge in [-0.1, -0.05) is 30.0 Å². The van der Waals surface area contributed by atoms with Gasteiger partial charge in [-0.15, -0.1) is 0 Å². The fourth-order valence-corrected chi connectivity index (χ4v) is 2.70. The first-order chi connectivity index (χ1) is 7.63. The average molecular weight is 236 g/mol. The Hall–Kier alpha value is -1.29. The summed E-state index contributed by atoms with van der Waals surface area (Å²) < 4.78 is 5.20. The topological polar surface area (TPSA) is 43.4 Å². The number of para-hydroxylation sites is 1. The predicted octanol–water partition coefficient (Wildman–Crippen LogP) is 2.26. The summed E-state index contributed by atoms with van der Waals surface area (Å²) >= 11 is 1.20. The molecule has 1 aromatic carbocycles. The Morgan fingerprint density at radius 2 is 2.06 bits per heavy atom. The van der Waals surface area contributed by atoms with Crippen molar-refractivity contribution in [3.05, 3.63) is 30.3 Å². The van der Waals surface area contributed by atoms with Crippen LogP contribution in [0.25, 0.3) is 0 Å². The monoisotopic (exact) mass is 236 g/mol. The molecule has 1 aliphatic heterocycles. The molecule has 0 amide bonds. The molecule has 0 bridgehead atoms. The van der Waals surface area contributed by atoms with Crippen LogP contribution in [0.1, 0.15) is 13.3 Å². The van der Waals surface area contributed by atoms with Gasteiger partial charge in [0.05, 0.1) is 0 Å². The summed E-state index contributed by atoms with van der Waals surface area (Å²) in [7, 11) is 0. The molecule has 1 saturated heterocycles. The van der Waals surface area contributed by atoms with Crippen LogP contribution >= 0.6 is 11.8 Å². The van der Waals surface area contributed by atoms with Gasteiger partial charge in [-0.25, -0.2) is 0 Å². The molecule has 1 aliphatic rings. The molecule has 84 valence electrons. The van der Waals surface area contributed by atoms with E-state index in [4.69, 9.17) is 4.74 Å². The van der Waals surface area contributed by atoms with Crippen molar-refractivity contribution in [2.45, 2.75) is 13.3 Å². The lowest BCUT2D eigenvalue weighted by atomic mass is 9.90. The van der Waals surface area contributed by atoms with Crippen LogP contribution < -0.4 is 4.74 Å². The fraction of sp³-hybridized carbons (Fsp3) is 0.333. The van der Waals surface area contributed by atoms with Crippen molar-refractivity contribution in [1.82, 2.24) is 0 Å². The van der Waals surface area contributed by atoms with Crippen molar-refractivity contribution in [3.63, 3.8) is 0 Å². The van der Waals surface area contributed by atoms with Gasteiger partial charge < -0.3 is 4.74 Å². The molecule has 0 radical (unpaired) electrons. The molecule has 4 heteroatoms. The molecule has 16 heavy (non-hydrogen) atoms. The maximum atomic E-state index is 11.9. The lowest BCUT2D eigenvalue weighted by molar-refractivity contribution is -0.148. The van der Waals surface area contributed by atoms with E-state index in [0.717, 1.165) is 0 Å². The minimum atomic E-state index is -0.972. The molecule has 1 unspecified atom stereocenters. The molecule has 2 rings (SSSR count). The summed E-state index contributed by atoms with van der Waals surface area (Å²) in [6.45, 7) is 1.65. The smallest absolute Gasteiger partial charge is 0.325 e. The number of carbonyl (C=O) groups excluding carboxylic acids is 2. The summed E-state index contributed by atoms with van der Waals surface area (Å²) in [5, 5.41) is -0.0894. The standard InChI is InChI=1S/C12H12O3S/c1-12(7-8-16-11(12)14)10(13)15-9-5-3-2-4-6-9/h2-6H,7-8H2,1H3. The number of rotatable bonds is 2. The zero-order valence-electron chi connectivity index (χ0n) is 8.93. The highest BCUT2D eigenvalue weighted by Gasteiger charge is 2.46. The molecule has 1 fully saturated rings. The van der Waals surface area contributed by atoms with Crippen molar-refractivity contribution in [2.24, 2.45) is 5.41 Å². The molecule has 0 aliphatic carbocycles. The van der Waals surface area contributed by atoms with Crippen LogP contribution in [0.2, 0.25) is 0 Å². The van der Waals surface area contributed by atoms with Crippen molar-refractivity contribution in [2.75, 3.05) is 5.75 Å². The Labute approximate surface area is 98.2 Å². The van der Waals surface area contributed by atoms with Crippen molar-refractivity contribution >= 4 is 22.8 Å². The van der Waals surface area contributed by atoms with Gasteiger partial charge in [0, 0.05) is 5.75 Å². The SMILES string of the molecule is CC1(C(=O)Oc2ccccc2)CCSC1=O. The number of hydrogen-bond donors (Lipinski definition) is 0. The Morgan fingerprint density at radius 3 is 2.62 bits per heavy atom. The Balaban J connectivity index is 2.12. The Morgan fingerprint density at radius 1 is 1.38 bits per heavy atom. The van der Waals surface area contributed by atoms with Gasteiger partial charge in [-0.05, 0) is 25.5 Å². The number of ether oxygens (including phenoxy) is 1. The molecule has 1 aromatic rings.